The van der Waals surface area contributed by atoms with Crippen molar-refractivity contribution >= 4 is 0 Å². The highest BCUT2D eigenvalue weighted by atomic mass is 19.3. The molecule has 1 atom stereocenters. The molecule has 0 aliphatic heterocycles. The zero-order chi connectivity index (χ0) is 12.3. The van der Waals surface area contributed by atoms with Crippen LogP contribution < -0.4 is 5.73 Å². The van der Waals surface area contributed by atoms with Gasteiger partial charge in [-0.15, -0.1) is 0 Å². The molecular formula is C10H10F5N. The number of hydrogen-bond acceptors (Lipinski definition) is 1. The first-order valence-corrected chi connectivity index (χ1v) is 4.59. The lowest BCUT2D eigenvalue weighted by Crippen LogP contribution is -2.29. The van der Waals surface area contributed by atoms with Crippen LogP contribution in [0.15, 0.2) is 12.1 Å². The molecule has 0 bridgehead atoms. The van der Waals surface area contributed by atoms with Gasteiger partial charge in [-0.25, -0.2) is 22.0 Å². The normalized spacial score (nSPS) is 13.2. The van der Waals surface area contributed by atoms with Gasteiger partial charge in [0.2, 0.25) is 0 Å². The second-order valence-corrected chi connectivity index (χ2v) is 3.39. The Hall–Kier alpha value is -1.17. The van der Waals surface area contributed by atoms with Gasteiger partial charge in [0.25, 0.3) is 6.43 Å². The van der Waals surface area contributed by atoms with E-state index >= 15 is 0 Å². The third-order valence-corrected chi connectivity index (χ3v) is 2.16. The Morgan fingerprint density at radius 3 is 2.12 bits per heavy atom. The molecule has 0 saturated carbocycles. The number of hydrogen-bond donors (Lipinski definition) is 1. The van der Waals surface area contributed by atoms with Crippen LogP contribution >= 0.6 is 0 Å². The maximum absolute atomic E-state index is 13.0. The Kier molecular flexibility index (Phi) is 4.23. The molecule has 0 radical (unpaired) electrons. The van der Waals surface area contributed by atoms with E-state index in [0.717, 1.165) is 0 Å². The average molecular weight is 239 g/mol. The molecule has 0 amide bonds. The summed E-state index contributed by atoms with van der Waals surface area (Å²) in [7, 11) is 0. The highest BCUT2D eigenvalue weighted by Crippen LogP contribution is 2.16. The van der Waals surface area contributed by atoms with Gasteiger partial charge in [-0.05, 0) is 24.5 Å². The molecule has 1 aromatic rings. The Morgan fingerprint density at radius 1 is 1.00 bits per heavy atom. The molecule has 1 aromatic carbocycles. The highest BCUT2D eigenvalue weighted by Gasteiger charge is 2.16. The van der Waals surface area contributed by atoms with Gasteiger partial charge in [-0.2, -0.15) is 0 Å². The first-order valence-electron chi connectivity index (χ1n) is 4.59. The van der Waals surface area contributed by atoms with Crippen LogP contribution in [0.2, 0.25) is 0 Å². The van der Waals surface area contributed by atoms with Crippen LogP contribution in [0.1, 0.15) is 12.0 Å². The molecule has 0 aliphatic rings. The maximum Gasteiger partial charge on any atom is 0.253 e. The Morgan fingerprint density at radius 2 is 1.56 bits per heavy atom. The lowest BCUT2D eigenvalue weighted by Gasteiger charge is -2.10. The molecular weight excluding hydrogens is 229 g/mol. The van der Waals surface area contributed by atoms with Crippen molar-refractivity contribution in [1.82, 2.24) is 0 Å². The van der Waals surface area contributed by atoms with Crippen LogP contribution in [0.4, 0.5) is 22.0 Å². The Balaban J connectivity index is 2.71. The lowest BCUT2D eigenvalue weighted by atomic mass is 10.1. The van der Waals surface area contributed by atoms with Gasteiger partial charge in [-0.3, -0.25) is 0 Å². The van der Waals surface area contributed by atoms with Gasteiger partial charge in [-0.1, -0.05) is 0 Å². The number of aryl methyl sites for hydroxylation is 1. The van der Waals surface area contributed by atoms with E-state index < -0.39 is 29.9 Å². The molecule has 1 nitrogen and oxygen atoms in total. The molecule has 0 saturated heterocycles. The number of alkyl halides is 2. The van der Waals surface area contributed by atoms with Crippen molar-refractivity contribution in [3.8, 4) is 0 Å². The number of halogens is 5. The fourth-order valence-electron chi connectivity index (χ4n) is 1.20. The molecule has 90 valence electrons. The van der Waals surface area contributed by atoms with Gasteiger partial charge in [0.15, 0.2) is 11.6 Å². The van der Waals surface area contributed by atoms with Crippen molar-refractivity contribution < 1.29 is 22.0 Å². The summed E-state index contributed by atoms with van der Waals surface area (Å²) >= 11 is 0. The van der Waals surface area contributed by atoms with Gasteiger partial charge >= 0.3 is 0 Å². The third-order valence-electron chi connectivity index (χ3n) is 2.16. The molecule has 0 aliphatic carbocycles. The predicted octanol–water partition coefficient (Wildman–Crippen LogP) is 2.63. The zero-order valence-electron chi connectivity index (χ0n) is 8.19. The molecule has 0 aromatic heterocycles. The summed E-state index contributed by atoms with van der Waals surface area (Å²) < 4.78 is 62.3. The minimum atomic E-state index is -2.71. The van der Waals surface area contributed by atoms with E-state index in [1.807, 2.05) is 0 Å². The second-order valence-electron chi connectivity index (χ2n) is 3.39. The topological polar surface area (TPSA) is 26.0 Å². The second kappa shape index (κ2) is 5.25. The van der Waals surface area contributed by atoms with E-state index in [9.17, 15) is 22.0 Å². The summed E-state index contributed by atoms with van der Waals surface area (Å²) in [5, 5.41) is 0. The Bertz CT molecular complexity index is 366. The van der Waals surface area contributed by atoms with E-state index in [-0.39, 0.29) is 18.4 Å². The van der Waals surface area contributed by atoms with Crippen molar-refractivity contribution in [1.29, 1.82) is 0 Å². The summed E-state index contributed by atoms with van der Waals surface area (Å²) in [5.41, 5.74) is 4.88. The van der Waals surface area contributed by atoms with Gasteiger partial charge < -0.3 is 5.73 Å². The van der Waals surface area contributed by atoms with Crippen molar-refractivity contribution in [2.75, 3.05) is 0 Å². The van der Waals surface area contributed by atoms with Crippen LogP contribution in [0.25, 0.3) is 0 Å². The quantitative estimate of drug-likeness (QED) is 0.634. The van der Waals surface area contributed by atoms with Crippen molar-refractivity contribution in [2.24, 2.45) is 5.73 Å². The molecule has 1 rings (SSSR count). The van der Waals surface area contributed by atoms with Gasteiger partial charge in [0.05, 0.1) is 6.04 Å². The molecule has 2 N–H and O–H groups in total. The predicted molar refractivity (Wildman–Crippen MR) is 48.6 cm³/mol. The number of rotatable bonds is 4. The highest BCUT2D eigenvalue weighted by molar-refractivity contribution is 5.20. The fraction of sp³-hybridized carbons (Fsp3) is 0.400. The number of nitrogens with two attached hydrogens (primary N) is 1. The maximum atomic E-state index is 13.0. The summed E-state index contributed by atoms with van der Waals surface area (Å²) in [5.74, 6) is -3.47. The summed E-state index contributed by atoms with van der Waals surface area (Å²) in [4.78, 5) is 0. The van der Waals surface area contributed by atoms with E-state index in [1.54, 1.807) is 0 Å². The van der Waals surface area contributed by atoms with Crippen molar-refractivity contribution in [3.05, 3.63) is 35.1 Å². The molecule has 0 spiro atoms. The van der Waals surface area contributed by atoms with Crippen LogP contribution in [0.3, 0.4) is 0 Å². The van der Waals surface area contributed by atoms with E-state index in [2.05, 4.69) is 0 Å². The van der Waals surface area contributed by atoms with Crippen LogP contribution in [-0.2, 0) is 6.42 Å². The molecule has 0 heterocycles. The molecule has 16 heavy (non-hydrogen) atoms. The van der Waals surface area contributed by atoms with E-state index in [4.69, 9.17) is 5.73 Å². The monoisotopic (exact) mass is 239 g/mol. The molecule has 1 unspecified atom stereocenters. The molecule has 6 heteroatoms. The first-order chi connectivity index (χ1) is 7.41. The summed E-state index contributed by atoms with van der Waals surface area (Å²) in [6.07, 6.45) is -3.07. The number of benzene rings is 1. The minimum Gasteiger partial charge on any atom is -0.323 e. The van der Waals surface area contributed by atoms with Crippen LogP contribution in [0.5, 0.6) is 0 Å². The smallest absolute Gasteiger partial charge is 0.253 e. The van der Waals surface area contributed by atoms with Gasteiger partial charge in [0, 0.05) is 6.07 Å². The van der Waals surface area contributed by atoms with E-state index in [0.29, 0.717) is 12.1 Å². The average Bonchev–Trinajstić information content (AvgIpc) is 2.20. The Labute approximate surface area is 89.1 Å². The van der Waals surface area contributed by atoms with Crippen LogP contribution in [-0.4, -0.2) is 12.5 Å². The zero-order valence-corrected chi connectivity index (χ0v) is 8.19. The SMILES string of the molecule is NC(CCc1cc(F)c(F)cc1F)C(F)F. The fourth-order valence-corrected chi connectivity index (χ4v) is 1.20. The van der Waals surface area contributed by atoms with Crippen molar-refractivity contribution in [3.63, 3.8) is 0 Å². The van der Waals surface area contributed by atoms with Gasteiger partial charge in [0.1, 0.15) is 5.82 Å². The third kappa shape index (κ3) is 3.16. The van der Waals surface area contributed by atoms with Crippen LogP contribution in [0, 0.1) is 17.5 Å². The lowest BCUT2D eigenvalue weighted by molar-refractivity contribution is 0.112. The summed E-state index contributed by atoms with van der Waals surface area (Å²) in [6.45, 7) is 0. The largest absolute Gasteiger partial charge is 0.323 e. The standard InChI is InChI=1S/C10H10F5N/c11-6-4-8(13)7(12)3-5(6)1-2-9(16)10(14)15/h3-4,9-10H,1-2,16H2. The van der Waals surface area contributed by atoms with E-state index in [1.165, 1.54) is 0 Å². The minimum absolute atomic E-state index is 0.157. The summed E-state index contributed by atoms with van der Waals surface area (Å²) in [6, 6.07) is -0.353. The van der Waals surface area contributed by atoms with Crippen molar-refractivity contribution in [2.45, 2.75) is 25.3 Å². The molecule has 0 fully saturated rings. The first kappa shape index (κ1) is 12.9.